The van der Waals surface area contributed by atoms with Crippen molar-refractivity contribution in [1.29, 1.82) is 0 Å². The molecule has 0 spiro atoms. The Morgan fingerprint density at radius 3 is 2.80 bits per heavy atom. The first-order valence-corrected chi connectivity index (χ1v) is 7.58. The van der Waals surface area contributed by atoms with Crippen LogP contribution in [0, 0.1) is 5.92 Å². The minimum atomic E-state index is -0.0782. The van der Waals surface area contributed by atoms with Crippen molar-refractivity contribution in [2.45, 2.75) is 39.0 Å². The summed E-state index contributed by atoms with van der Waals surface area (Å²) >= 11 is 0. The molecule has 0 aromatic carbocycles. The van der Waals surface area contributed by atoms with E-state index >= 15 is 0 Å². The van der Waals surface area contributed by atoms with E-state index in [0.29, 0.717) is 5.82 Å². The van der Waals surface area contributed by atoms with Crippen molar-refractivity contribution in [3.05, 3.63) is 22.2 Å². The largest absolute Gasteiger partial charge is 0.370 e. The van der Waals surface area contributed by atoms with Crippen molar-refractivity contribution in [3.8, 4) is 0 Å². The van der Waals surface area contributed by atoms with E-state index in [1.165, 1.54) is 25.9 Å². The summed E-state index contributed by atoms with van der Waals surface area (Å²) in [5, 5.41) is 3.29. The molecule has 1 saturated heterocycles. The Kier molecular flexibility index (Phi) is 5.17. The van der Waals surface area contributed by atoms with Crippen LogP contribution in [0.2, 0.25) is 0 Å². The van der Waals surface area contributed by atoms with E-state index in [-0.39, 0.29) is 11.5 Å². The lowest BCUT2D eigenvalue weighted by Crippen LogP contribution is -2.31. The third-order valence-corrected chi connectivity index (χ3v) is 4.00. The van der Waals surface area contributed by atoms with Crippen LogP contribution in [-0.4, -0.2) is 41.5 Å². The number of aromatic nitrogens is 2. The van der Waals surface area contributed by atoms with Gasteiger partial charge in [0.1, 0.15) is 11.6 Å². The molecular formula is C15H26N4O. The van der Waals surface area contributed by atoms with Crippen LogP contribution in [0.4, 0.5) is 5.82 Å². The van der Waals surface area contributed by atoms with Gasteiger partial charge >= 0.3 is 0 Å². The average molecular weight is 278 g/mol. The first-order chi connectivity index (χ1) is 9.54. The summed E-state index contributed by atoms with van der Waals surface area (Å²) in [4.78, 5) is 21.2. The number of hydrogen-bond acceptors (Lipinski definition) is 4. The van der Waals surface area contributed by atoms with Crippen molar-refractivity contribution >= 4 is 5.82 Å². The minimum Gasteiger partial charge on any atom is -0.370 e. The van der Waals surface area contributed by atoms with Gasteiger partial charge in [-0.2, -0.15) is 0 Å². The first kappa shape index (κ1) is 15.0. The fraction of sp³-hybridized carbons (Fsp3) is 0.733. The Morgan fingerprint density at radius 2 is 2.15 bits per heavy atom. The quantitative estimate of drug-likeness (QED) is 0.865. The van der Waals surface area contributed by atoms with Gasteiger partial charge in [0.25, 0.3) is 5.56 Å². The second-order valence-corrected chi connectivity index (χ2v) is 6.13. The molecule has 5 heteroatoms. The first-order valence-electron chi connectivity index (χ1n) is 7.58. The Balaban J connectivity index is 1.83. The van der Waals surface area contributed by atoms with Crippen LogP contribution in [0.3, 0.4) is 0 Å². The number of piperidine rings is 1. The van der Waals surface area contributed by atoms with E-state index in [1.54, 1.807) is 6.07 Å². The van der Waals surface area contributed by atoms with Gasteiger partial charge in [-0.1, -0.05) is 13.8 Å². The van der Waals surface area contributed by atoms with E-state index in [9.17, 15) is 4.79 Å². The van der Waals surface area contributed by atoms with Crippen LogP contribution < -0.4 is 10.9 Å². The number of H-pyrrole nitrogens is 1. The number of anilines is 1. The van der Waals surface area contributed by atoms with Gasteiger partial charge in [0.2, 0.25) is 0 Å². The molecule has 1 aromatic heterocycles. The number of nitrogens with one attached hydrogen (secondary N) is 2. The smallest absolute Gasteiger partial charge is 0.252 e. The zero-order valence-corrected chi connectivity index (χ0v) is 12.8. The van der Waals surface area contributed by atoms with Gasteiger partial charge in [0, 0.05) is 18.5 Å². The third-order valence-electron chi connectivity index (χ3n) is 4.00. The summed E-state index contributed by atoms with van der Waals surface area (Å²) in [5.41, 5.74) is -0.0782. The Morgan fingerprint density at radius 1 is 1.45 bits per heavy atom. The predicted molar refractivity (Wildman–Crippen MR) is 82.3 cm³/mol. The molecule has 0 unspecified atom stereocenters. The van der Waals surface area contributed by atoms with Gasteiger partial charge in [-0.15, -0.1) is 0 Å². The maximum absolute atomic E-state index is 11.6. The number of nitrogens with zero attached hydrogens (tertiary/aromatic N) is 2. The van der Waals surface area contributed by atoms with Crippen molar-refractivity contribution in [3.63, 3.8) is 0 Å². The second kappa shape index (κ2) is 6.88. The van der Waals surface area contributed by atoms with E-state index in [0.717, 1.165) is 24.7 Å². The number of hydrogen-bond donors (Lipinski definition) is 2. The van der Waals surface area contributed by atoms with Crippen LogP contribution >= 0.6 is 0 Å². The van der Waals surface area contributed by atoms with Gasteiger partial charge in [0.15, 0.2) is 0 Å². The molecule has 1 aliphatic heterocycles. The van der Waals surface area contributed by atoms with Gasteiger partial charge in [0.05, 0.1) is 0 Å². The van der Waals surface area contributed by atoms with E-state index in [4.69, 9.17) is 0 Å². The van der Waals surface area contributed by atoms with Gasteiger partial charge in [-0.3, -0.25) is 4.79 Å². The Hall–Kier alpha value is -1.36. The topological polar surface area (TPSA) is 61.0 Å². The SMILES string of the molecule is CC(C)c1nc(NCCC2CCN(C)CC2)cc(=O)[nH]1. The Labute approximate surface area is 120 Å². The lowest BCUT2D eigenvalue weighted by atomic mass is 9.94. The molecule has 20 heavy (non-hydrogen) atoms. The maximum Gasteiger partial charge on any atom is 0.252 e. The maximum atomic E-state index is 11.6. The lowest BCUT2D eigenvalue weighted by Gasteiger charge is -2.28. The molecule has 0 bridgehead atoms. The van der Waals surface area contributed by atoms with Gasteiger partial charge in [-0.05, 0) is 45.3 Å². The van der Waals surface area contributed by atoms with E-state index < -0.39 is 0 Å². The fourth-order valence-electron chi connectivity index (χ4n) is 2.60. The lowest BCUT2D eigenvalue weighted by molar-refractivity contribution is 0.215. The van der Waals surface area contributed by atoms with Crippen LogP contribution in [0.15, 0.2) is 10.9 Å². The van der Waals surface area contributed by atoms with E-state index in [2.05, 4.69) is 27.2 Å². The average Bonchev–Trinajstić information content (AvgIpc) is 2.40. The van der Waals surface area contributed by atoms with E-state index in [1.807, 2.05) is 13.8 Å². The summed E-state index contributed by atoms with van der Waals surface area (Å²) in [6.07, 6.45) is 3.70. The molecule has 0 atom stereocenters. The Bertz CT molecular complexity index is 475. The molecule has 1 fully saturated rings. The highest BCUT2D eigenvalue weighted by Gasteiger charge is 2.16. The molecule has 0 amide bonds. The molecule has 2 rings (SSSR count). The molecule has 0 saturated carbocycles. The fourth-order valence-corrected chi connectivity index (χ4v) is 2.60. The molecule has 0 radical (unpaired) electrons. The molecular weight excluding hydrogens is 252 g/mol. The summed E-state index contributed by atoms with van der Waals surface area (Å²) in [6.45, 7) is 7.35. The standard InChI is InChI=1S/C15H26N4O/c1-11(2)15-17-13(10-14(20)18-15)16-7-4-12-5-8-19(3)9-6-12/h10-12H,4-9H2,1-3H3,(H2,16,17,18,20). The molecule has 1 aromatic rings. The zero-order chi connectivity index (χ0) is 14.5. The van der Waals surface area contributed by atoms with Crippen LogP contribution in [0.25, 0.3) is 0 Å². The van der Waals surface area contributed by atoms with Gasteiger partial charge in [-0.25, -0.2) is 4.98 Å². The van der Waals surface area contributed by atoms with Gasteiger partial charge < -0.3 is 15.2 Å². The molecule has 2 heterocycles. The highest BCUT2D eigenvalue weighted by Crippen LogP contribution is 2.19. The molecule has 5 nitrogen and oxygen atoms in total. The van der Waals surface area contributed by atoms with Crippen molar-refractivity contribution in [2.24, 2.45) is 5.92 Å². The molecule has 1 aliphatic rings. The number of likely N-dealkylation sites (tertiary alicyclic amines) is 1. The second-order valence-electron chi connectivity index (χ2n) is 6.13. The van der Waals surface area contributed by atoms with Crippen LogP contribution in [0.1, 0.15) is 44.9 Å². The van der Waals surface area contributed by atoms with Crippen molar-refractivity contribution in [1.82, 2.24) is 14.9 Å². The summed E-state index contributed by atoms with van der Waals surface area (Å²) in [7, 11) is 2.18. The number of aromatic amines is 1. The van der Waals surface area contributed by atoms with Crippen molar-refractivity contribution in [2.75, 3.05) is 32.0 Å². The molecule has 112 valence electrons. The highest BCUT2D eigenvalue weighted by atomic mass is 16.1. The highest BCUT2D eigenvalue weighted by molar-refractivity contribution is 5.33. The summed E-state index contributed by atoms with van der Waals surface area (Å²) in [5.74, 6) is 2.48. The van der Waals surface area contributed by atoms with Crippen LogP contribution in [-0.2, 0) is 0 Å². The predicted octanol–water partition coefficient (Wildman–Crippen LogP) is 2.04. The van der Waals surface area contributed by atoms with Crippen LogP contribution in [0.5, 0.6) is 0 Å². The molecule has 2 N–H and O–H groups in total. The normalized spacial score (nSPS) is 17.6. The zero-order valence-electron chi connectivity index (χ0n) is 12.8. The summed E-state index contributed by atoms with van der Waals surface area (Å²) in [6, 6.07) is 1.54. The minimum absolute atomic E-state index is 0.0782. The number of rotatable bonds is 5. The van der Waals surface area contributed by atoms with Crippen molar-refractivity contribution < 1.29 is 0 Å². The third kappa shape index (κ3) is 4.34. The monoisotopic (exact) mass is 278 g/mol. The molecule has 0 aliphatic carbocycles. The summed E-state index contributed by atoms with van der Waals surface area (Å²) < 4.78 is 0.